The number of ether oxygens (including phenoxy) is 1. The van der Waals surface area contributed by atoms with Crippen LogP contribution >= 0.6 is 0 Å². The minimum atomic E-state index is -3.31. The van der Waals surface area contributed by atoms with Crippen molar-refractivity contribution < 1.29 is 23.1 Å². The largest absolute Gasteiger partial charge is 0.467 e. The molecule has 0 aliphatic heterocycles. The molecule has 0 aliphatic carbocycles. The summed E-state index contributed by atoms with van der Waals surface area (Å²) in [5.74, 6) is -0.759. The van der Waals surface area contributed by atoms with Crippen molar-refractivity contribution in [1.82, 2.24) is 4.57 Å². The molecule has 152 valence electrons. The van der Waals surface area contributed by atoms with Crippen molar-refractivity contribution in [2.75, 3.05) is 13.4 Å². The molecule has 7 heteroatoms. The van der Waals surface area contributed by atoms with Crippen molar-refractivity contribution in [3.8, 4) is 16.9 Å². The van der Waals surface area contributed by atoms with Crippen molar-refractivity contribution in [3.05, 3.63) is 71.9 Å². The van der Waals surface area contributed by atoms with Crippen molar-refractivity contribution in [1.29, 1.82) is 0 Å². The fraction of sp³-hybridized carbons (Fsp3) is 0.227. The monoisotopic (exact) mass is 413 g/mol. The predicted molar refractivity (Wildman–Crippen MR) is 111 cm³/mol. The van der Waals surface area contributed by atoms with Gasteiger partial charge < -0.3 is 14.4 Å². The molecule has 6 nitrogen and oxygen atoms in total. The lowest BCUT2D eigenvalue weighted by molar-refractivity contribution is -0.161. The summed E-state index contributed by atoms with van der Waals surface area (Å²) >= 11 is 0. The zero-order chi connectivity index (χ0) is 21.4. The maximum Gasteiger partial charge on any atom is 0.342 e. The lowest BCUT2D eigenvalue weighted by atomic mass is 9.96. The fourth-order valence-corrected chi connectivity index (χ4v) is 4.03. The summed E-state index contributed by atoms with van der Waals surface area (Å²) in [5, 5.41) is 10.9. The zero-order valence-corrected chi connectivity index (χ0v) is 17.5. The first kappa shape index (κ1) is 20.8. The quantitative estimate of drug-likeness (QED) is 0.649. The highest BCUT2D eigenvalue weighted by Crippen LogP contribution is 2.35. The highest BCUT2D eigenvalue weighted by molar-refractivity contribution is 7.90. The number of rotatable bonds is 5. The number of benzene rings is 2. The first-order valence-corrected chi connectivity index (χ1v) is 10.9. The molecule has 1 atom stereocenters. The number of aliphatic hydroxyl groups is 1. The summed E-state index contributed by atoms with van der Waals surface area (Å²) in [5.41, 5.74) is 1.56. The number of methoxy groups -OCH3 is 1. The molecule has 1 heterocycles. The van der Waals surface area contributed by atoms with Gasteiger partial charge in [-0.3, -0.25) is 0 Å². The van der Waals surface area contributed by atoms with Crippen LogP contribution in [0.3, 0.4) is 0 Å². The molecule has 0 aliphatic rings. The van der Waals surface area contributed by atoms with Gasteiger partial charge in [-0.05, 0) is 49.7 Å². The molecule has 0 spiro atoms. The van der Waals surface area contributed by atoms with E-state index < -0.39 is 21.4 Å². The van der Waals surface area contributed by atoms with E-state index in [1.165, 1.54) is 14.0 Å². The zero-order valence-electron chi connectivity index (χ0n) is 16.7. The lowest BCUT2D eigenvalue weighted by Gasteiger charge is -2.20. The molecule has 0 saturated heterocycles. The SMILES string of the molecule is COC(=O)C(C)(O)c1cc(-c2ccc(S(C)(=O)=O)cc2)n(-c2ccccc2)c1C. The Hall–Kier alpha value is -2.90. The van der Waals surface area contributed by atoms with E-state index in [0.717, 1.165) is 17.5 Å². The maximum atomic E-state index is 12.2. The van der Waals surface area contributed by atoms with E-state index in [2.05, 4.69) is 0 Å². The third-order valence-corrected chi connectivity index (χ3v) is 6.08. The second-order valence-electron chi connectivity index (χ2n) is 7.06. The summed E-state index contributed by atoms with van der Waals surface area (Å²) in [6.07, 6.45) is 1.16. The van der Waals surface area contributed by atoms with Crippen LogP contribution in [-0.2, 0) is 25.0 Å². The van der Waals surface area contributed by atoms with E-state index in [9.17, 15) is 18.3 Å². The third kappa shape index (κ3) is 3.83. The van der Waals surface area contributed by atoms with Gasteiger partial charge in [0.1, 0.15) is 0 Å². The van der Waals surface area contributed by atoms with Gasteiger partial charge in [0.05, 0.1) is 17.7 Å². The molecule has 2 aromatic carbocycles. The van der Waals surface area contributed by atoms with Gasteiger partial charge in [0, 0.05) is 23.2 Å². The highest BCUT2D eigenvalue weighted by atomic mass is 32.2. The molecule has 3 rings (SSSR count). The first-order chi connectivity index (χ1) is 13.6. The molecular formula is C22H23NO5S. The number of aromatic nitrogens is 1. The molecule has 1 aromatic heterocycles. The molecule has 1 N–H and O–H groups in total. The van der Waals surface area contributed by atoms with Crippen molar-refractivity contribution in [3.63, 3.8) is 0 Å². The van der Waals surface area contributed by atoms with E-state index in [1.807, 2.05) is 41.8 Å². The number of carbonyl (C=O) groups excluding carboxylic acids is 1. The summed E-state index contributed by atoms with van der Waals surface area (Å²) < 4.78 is 30.2. The second kappa shape index (κ2) is 7.50. The highest BCUT2D eigenvalue weighted by Gasteiger charge is 2.37. The van der Waals surface area contributed by atoms with Gasteiger partial charge in [-0.1, -0.05) is 30.3 Å². The predicted octanol–water partition coefficient (Wildman–Crippen LogP) is 3.24. The molecular weight excluding hydrogens is 390 g/mol. The average molecular weight is 413 g/mol. The molecule has 3 aromatic rings. The summed E-state index contributed by atoms with van der Waals surface area (Å²) in [4.78, 5) is 12.4. The number of carbonyl (C=O) groups is 1. The van der Waals surface area contributed by atoms with Crippen LogP contribution in [0.15, 0.2) is 65.6 Å². The number of para-hydroxylation sites is 1. The topological polar surface area (TPSA) is 85.6 Å². The van der Waals surface area contributed by atoms with Crippen molar-refractivity contribution in [2.24, 2.45) is 0 Å². The Bertz CT molecular complexity index is 1140. The van der Waals surface area contributed by atoms with Crippen LogP contribution < -0.4 is 0 Å². The number of hydrogen-bond donors (Lipinski definition) is 1. The Kier molecular flexibility index (Phi) is 5.38. The van der Waals surface area contributed by atoms with Gasteiger partial charge >= 0.3 is 5.97 Å². The van der Waals surface area contributed by atoms with Crippen LogP contribution in [0.4, 0.5) is 0 Å². The van der Waals surface area contributed by atoms with Crippen LogP contribution in [0.2, 0.25) is 0 Å². The maximum absolute atomic E-state index is 12.2. The average Bonchev–Trinajstić information content (AvgIpc) is 3.05. The van der Waals surface area contributed by atoms with Gasteiger partial charge in [0.25, 0.3) is 0 Å². The van der Waals surface area contributed by atoms with Crippen LogP contribution in [-0.4, -0.2) is 37.4 Å². The molecule has 0 saturated carbocycles. The van der Waals surface area contributed by atoms with Crippen LogP contribution in [0.1, 0.15) is 18.2 Å². The Morgan fingerprint density at radius 2 is 1.66 bits per heavy atom. The first-order valence-electron chi connectivity index (χ1n) is 8.97. The minimum Gasteiger partial charge on any atom is -0.467 e. The summed E-state index contributed by atoms with van der Waals surface area (Å²) in [6.45, 7) is 3.21. The smallest absolute Gasteiger partial charge is 0.342 e. The van der Waals surface area contributed by atoms with Gasteiger partial charge in [-0.2, -0.15) is 0 Å². The van der Waals surface area contributed by atoms with E-state index in [1.54, 1.807) is 30.3 Å². The van der Waals surface area contributed by atoms with Crippen LogP contribution in [0.25, 0.3) is 16.9 Å². The van der Waals surface area contributed by atoms with Crippen LogP contribution in [0, 0.1) is 6.92 Å². The van der Waals surface area contributed by atoms with Gasteiger partial charge in [-0.25, -0.2) is 13.2 Å². The number of nitrogens with zero attached hydrogens (tertiary/aromatic N) is 1. The Labute approximate surface area is 170 Å². The standard InChI is InChI=1S/C22H23NO5S/c1-15-19(22(2,25)21(24)28-3)14-20(23(15)17-8-6-5-7-9-17)16-10-12-18(13-11-16)29(4,26)27/h5-14,25H,1-4H3. The number of esters is 1. The summed E-state index contributed by atoms with van der Waals surface area (Å²) in [7, 11) is -2.09. The molecule has 0 fully saturated rings. The minimum absolute atomic E-state index is 0.220. The van der Waals surface area contributed by atoms with Crippen LogP contribution in [0.5, 0.6) is 0 Å². The van der Waals surface area contributed by atoms with Gasteiger partial charge in [0.15, 0.2) is 15.4 Å². The Morgan fingerprint density at radius 3 is 2.17 bits per heavy atom. The molecule has 0 amide bonds. The fourth-order valence-electron chi connectivity index (χ4n) is 3.40. The van der Waals surface area contributed by atoms with Gasteiger partial charge in [0.2, 0.25) is 0 Å². The molecule has 1 unspecified atom stereocenters. The molecule has 29 heavy (non-hydrogen) atoms. The Morgan fingerprint density at radius 1 is 1.07 bits per heavy atom. The summed E-state index contributed by atoms with van der Waals surface area (Å²) in [6, 6.07) is 17.7. The third-order valence-electron chi connectivity index (χ3n) is 4.95. The second-order valence-corrected chi connectivity index (χ2v) is 9.08. The van der Waals surface area contributed by atoms with E-state index in [0.29, 0.717) is 17.0 Å². The van der Waals surface area contributed by atoms with Crippen molar-refractivity contribution in [2.45, 2.75) is 24.3 Å². The van der Waals surface area contributed by atoms with Crippen molar-refractivity contribution >= 4 is 15.8 Å². The van der Waals surface area contributed by atoms with Gasteiger partial charge in [-0.15, -0.1) is 0 Å². The van der Waals surface area contributed by atoms with E-state index in [-0.39, 0.29) is 4.90 Å². The number of hydrogen-bond acceptors (Lipinski definition) is 5. The molecule has 0 radical (unpaired) electrons. The normalized spacial score (nSPS) is 13.7. The van der Waals surface area contributed by atoms with E-state index in [4.69, 9.17) is 4.74 Å². The Balaban J connectivity index is 2.26. The van der Waals surface area contributed by atoms with E-state index >= 15 is 0 Å². The molecule has 0 bridgehead atoms. The lowest BCUT2D eigenvalue weighted by Crippen LogP contribution is -2.33. The number of sulfone groups is 1.